The topological polar surface area (TPSA) is 251 Å². The number of H-pyrrole nitrogens is 2. The van der Waals surface area contributed by atoms with Gasteiger partial charge in [0.15, 0.2) is 0 Å². The molecule has 4 amide bonds. The Labute approximate surface area is 211 Å². The van der Waals surface area contributed by atoms with Gasteiger partial charge in [-0.25, -0.2) is 14.8 Å². The number of nitrogens with one attached hydrogen (secondary N) is 5. The summed E-state index contributed by atoms with van der Waals surface area (Å²) in [5.74, 6) is -4.51. The lowest BCUT2D eigenvalue weighted by molar-refractivity contribution is -0.141. The molecule has 196 valence electrons. The van der Waals surface area contributed by atoms with Crippen molar-refractivity contribution < 1.29 is 29.1 Å². The minimum Gasteiger partial charge on any atom is -0.480 e. The number of carbonyl (C=O) groups excluding carboxylic acids is 4. The highest BCUT2D eigenvalue weighted by molar-refractivity contribution is 7.80. The summed E-state index contributed by atoms with van der Waals surface area (Å²) >= 11 is 3.89. The fourth-order valence-electron chi connectivity index (χ4n) is 3.12. The lowest BCUT2D eigenvalue weighted by Crippen LogP contribution is -2.58. The number of carboxylic acids is 1. The standard InChI is InChI=1S/C20H29N9O6S/c21-12(3-10-5-23-8-25-10)17(31)28-14(4-11-6-24-9-26-11)19(33)27-13(1-2-16(22)30)18(32)29-15(7-36)20(34)35/h5-6,8-9,12-15,36H,1-4,7,21H2,(H2,22,30)(H,23,25)(H,24,26)(H,27,33)(H,28,31)(H,29,32)(H,34,35). The van der Waals surface area contributed by atoms with Gasteiger partial charge in [0.05, 0.1) is 18.7 Å². The Morgan fingerprint density at radius 1 is 0.889 bits per heavy atom. The van der Waals surface area contributed by atoms with Gasteiger partial charge in [0, 0.05) is 48.8 Å². The molecule has 2 aromatic rings. The highest BCUT2D eigenvalue weighted by Gasteiger charge is 2.30. The van der Waals surface area contributed by atoms with Crippen molar-refractivity contribution in [3.05, 3.63) is 36.4 Å². The van der Waals surface area contributed by atoms with Crippen LogP contribution in [0, 0.1) is 0 Å². The summed E-state index contributed by atoms with van der Waals surface area (Å²) in [6.45, 7) is 0. The van der Waals surface area contributed by atoms with Crippen molar-refractivity contribution in [2.24, 2.45) is 11.5 Å². The summed E-state index contributed by atoms with van der Waals surface area (Å²) < 4.78 is 0. The van der Waals surface area contributed by atoms with E-state index in [1.165, 1.54) is 25.0 Å². The number of rotatable bonds is 15. The molecular weight excluding hydrogens is 494 g/mol. The third kappa shape index (κ3) is 9.03. The van der Waals surface area contributed by atoms with Crippen molar-refractivity contribution in [3.8, 4) is 0 Å². The Hall–Kier alpha value is -3.92. The zero-order valence-electron chi connectivity index (χ0n) is 19.1. The molecule has 0 saturated carbocycles. The second kappa shape index (κ2) is 13.8. The largest absolute Gasteiger partial charge is 0.480 e. The van der Waals surface area contributed by atoms with Crippen LogP contribution in [0.3, 0.4) is 0 Å². The molecule has 10 N–H and O–H groups in total. The normalized spacial score (nSPS) is 14.2. The van der Waals surface area contributed by atoms with E-state index in [0.717, 1.165) is 0 Å². The molecule has 2 aromatic heterocycles. The molecule has 0 spiro atoms. The number of carboxylic acid groups (broad SMARTS) is 1. The van der Waals surface area contributed by atoms with Crippen molar-refractivity contribution in [1.29, 1.82) is 0 Å². The molecule has 0 fully saturated rings. The Kier molecular flexibility index (Phi) is 10.9. The predicted octanol–water partition coefficient (Wildman–Crippen LogP) is -3.02. The SMILES string of the molecule is NC(=O)CCC(NC(=O)C(Cc1cnc[nH]1)NC(=O)C(N)Cc1cnc[nH]1)C(=O)NC(CS)C(=O)O. The van der Waals surface area contributed by atoms with E-state index in [1.807, 2.05) is 0 Å². The highest BCUT2D eigenvalue weighted by atomic mass is 32.1. The molecule has 15 nitrogen and oxygen atoms in total. The lowest BCUT2D eigenvalue weighted by atomic mass is 10.1. The van der Waals surface area contributed by atoms with Crippen LogP contribution in [0.1, 0.15) is 24.2 Å². The highest BCUT2D eigenvalue weighted by Crippen LogP contribution is 2.05. The number of nitrogens with two attached hydrogens (primary N) is 2. The van der Waals surface area contributed by atoms with Crippen LogP contribution in [0.2, 0.25) is 0 Å². The predicted molar refractivity (Wildman–Crippen MR) is 128 cm³/mol. The molecule has 4 atom stereocenters. The van der Waals surface area contributed by atoms with Gasteiger partial charge < -0.3 is 42.5 Å². The van der Waals surface area contributed by atoms with E-state index >= 15 is 0 Å². The third-order valence-electron chi connectivity index (χ3n) is 5.05. The van der Waals surface area contributed by atoms with E-state index in [-0.39, 0.29) is 31.4 Å². The van der Waals surface area contributed by atoms with E-state index in [2.05, 4.69) is 48.5 Å². The molecule has 4 unspecified atom stereocenters. The van der Waals surface area contributed by atoms with Crippen LogP contribution >= 0.6 is 12.6 Å². The second-order valence-corrected chi connectivity index (χ2v) is 8.24. The second-order valence-electron chi connectivity index (χ2n) is 7.88. The van der Waals surface area contributed by atoms with Crippen molar-refractivity contribution >= 4 is 42.2 Å². The van der Waals surface area contributed by atoms with Crippen molar-refractivity contribution in [2.45, 2.75) is 49.9 Å². The Bertz CT molecular complexity index is 1030. The number of aliphatic carboxylic acids is 1. The van der Waals surface area contributed by atoms with Gasteiger partial charge in [-0.15, -0.1) is 0 Å². The number of hydrogen-bond donors (Lipinski definition) is 9. The van der Waals surface area contributed by atoms with Crippen LogP contribution in [0.5, 0.6) is 0 Å². The number of carbonyl (C=O) groups is 5. The molecule has 2 heterocycles. The molecule has 0 aromatic carbocycles. The van der Waals surface area contributed by atoms with Crippen molar-refractivity contribution in [1.82, 2.24) is 35.9 Å². The molecule has 0 aliphatic rings. The van der Waals surface area contributed by atoms with Crippen LogP contribution in [0.25, 0.3) is 0 Å². The monoisotopic (exact) mass is 523 g/mol. The first-order valence-corrected chi connectivity index (χ1v) is 11.5. The molecule has 0 saturated heterocycles. The molecule has 36 heavy (non-hydrogen) atoms. The Balaban J connectivity index is 2.16. The first-order chi connectivity index (χ1) is 17.1. The summed E-state index contributed by atoms with van der Waals surface area (Å²) in [6, 6.07) is -4.83. The van der Waals surface area contributed by atoms with E-state index in [9.17, 15) is 29.1 Å². The molecule has 16 heteroatoms. The summed E-state index contributed by atoms with van der Waals surface area (Å²) in [5.41, 5.74) is 12.3. The smallest absolute Gasteiger partial charge is 0.327 e. The lowest BCUT2D eigenvalue weighted by Gasteiger charge is -2.24. The van der Waals surface area contributed by atoms with Crippen LogP contribution in [-0.2, 0) is 36.8 Å². The maximum Gasteiger partial charge on any atom is 0.327 e. The summed E-state index contributed by atoms with van der Waals surface area (Å²) in [7, 11) is 0. The third-order valence-corrected chi connectivity index (χ3v) is 5.42. The zero-order chi connectivity index (χ0) is 26.7. The Morgan fingerprint density at radius 2 is 1.42 bits per heavy atom. The number of amides is 4. The fraction of sp³-hybridized carbons (Fsp3) is 0.450. The van der Waals surface area contributed by atoms with E-state index in [1.54, 1.807) is 0 Å². The van der Waals surface area contributed by atoms with Crippen LogP contribution < -0.4 is 27.4 Å². The van der Waals surface area contributed by atoms with Gasteiger partial charge in [-0.05, 0) is 6.42 Å². The molecule has 0 aliphatic carbocycles. The molecule has 0 bridgehead atoms. The number of thiol groups is 1. The minimum atomic E-state index is -1.33. The number of imidazole rings is 2. The number of aromatic nitrogens is 4. The van der Waals surface area contributed by atoms with Gasteiger partial charge in [0.1, 0.15) is 18.1 Å². The van der Waals surface area contributed by atoms with Gasteiger partial charge in [-0.3, -0.25) is 19.2 Å². The summed E-state index contributed by atoms with van der Waals surface area (Å²) in [6.07, 6.45) is 5.45. The van der Waals surface area contributed by atoms with Gasteiger partial charge >= 0.3 is 5.97 Å². The zero-order valence-corrected chi connectivity index (χ0v) is 20.0. The minimum absolute atomic E-state index is 0.0209. The van der Waals surface area contributed by atoms with E-state index < -0.39 is 53.8 Å². The molecular formula is C20H29N9O6S. The molecule has 2 rings (SSSR count). The number of nitrogens with zero attached hydrogens (tertiary/aromatic N) is 2. The van der Waals surface area contributed by atoms with Gasteiger partial charge in [0.2, 0.25) is 23.6 Å². The maximum absolute atomic E-state index is 13.1. The van der Waals surface area contributed by atoms with Crippen LogP contribution in [0.15, 0.2) is 25.0 Å². The quantitative estimate of drug-likeness (QED) is 0.108. The van der Waals surface area contributed by atoms with Crippen LogP contribution in [-0.4, -0.2) is 84.6 Å². The van der Waals surface area contributed by atoms with Crippen molar-refractivity contribution in [3.63, 3.8) is 0 Å². The summed E-state index contributed by atoms with van der Waals surface area (Å²) in [4.78, 5) is 74.5. The van der Waals surface area contributed by atoms with E-state index in [4.69, 9.17) is 11.5 Å². The summed E-state index contributed by atoms with van der Waals surface area (Å²) in [5, 5.41) is 16.4. The first kappa shape index (κ1) is 28.3. The first-order valence-electron chi connectivity index (χ1n) is 10.8. The Morgan fingerprint density at radius 3 is 1.92 bits per heavy atom. The number of hydrogen-bond acceptors (Lipinski definition) is 9. The van der Waals surface area contributed by atoms with Crippen molar-refractivity contribution in [2.75, 3.05) is 5.75 Å². The average Bonchev–Trinajstić information content (AvgIpc) is 3.53. The molecule has 0 aliphatic heterocycles. The fourth-order valence-corrected chi connectivity index (χ4v) is 3.36. The van der Waals surface area contributed by atoms with Gasteiger partial charge in [-0.1, -0.05) is 0 Å². The van der Waals surface area contributed by atoms with E-state index in [0.29, 0.717) is 11.4 Å². The van der Waals surface area contributed by atoms with Gasteiger partial charge in [0.25, 0.3) is 0 Å². The molecule has 0 radical (unpaired) electrons. The van der Waals surface area contributed by atoms with Crippen LogP contribution in [0.4, 0.5) is 0 Å². The maximum atomic E-state index is 13.1. The number of aromatic amines is 2. The average molecular weight is 524 g/mol. The number of primary amides is 1. The van der Waals surface area contributed by atoms with Gasteiger partial charge in [-0.2, -0.15) is 12.6 Å².